The molecule has 1 aliphatic heterocycles. The van der Waals surface area contributed by atoms with Crippen LogP contribution in [0.4, 0.5) is 16.2 Å². The van der Waals surface area contributed by atoms with E-state index in [4.69, 9.17) is 4.74 Å². The zero-order valence-corrected chi connectivity index (χ0v) is 11.9. The van der Waals surface area contributed by atoms with E-state index < -0.39 is 0 Å². The molecule has 0 spiro atoms. The molecule has 1 aliphatic rings. The summed E-state index contributed by atoms with van der Waals surface area (Å²) in [6, 6.07) is 5.12. The van der Waals surface area contributed by atoms with E-state index in [0.717, 1.165) is 6.42 Å². The molecule has 3 amide bonds. The van der Waals surface area contributed by atoms with Crippen molar-refractivity contribution in [2.75, 3.05) is 23.9 Å². The molecule has 0 bridgehead atoms. The minimum absolute atomic E-state index is 0.0187. The first-order valence-electron chi connectivity index (χ1n) is 6.62. The van der Waals surface area contributed by atoms with Crippen molar-refractivity contribution in [3.8, 4) is 5.75 Å². The molecule has 0 fully saturated rings. The zero-order chi connectivity index (χ0) is 14.7. The summed E-state index contributed by atoms with van der Waals surface area (Å²) in [6.07, 6.45) is 0.855. The molecule has 20 heavy (non-hydrogen) atoms. The lowest BCUT2D eigenvalue weighted by atomic mass is 10.2. The van der Waals surface area contributed by atoms with Gasteiger partial charge in [-0.3, -0.25) is 4.79 Å². The van der Waals surface area contributed by atoms with Crippen LogP contribution in [0.5, 0.6) is 5.75 Å². The molecule has 2 N–H and O–H groups in total. The molecule has 1 atom stereocenters. The number of hydrogen-bond acceptors (Lipinski definition) is 3. The third-order valence-corrected chi connectivity index (χ3v) is 3.31. The molecule has 6 nitrogen and oxygen atoms in total. The number of likely N-dealkylation sites (N-methyl/N-ethyl adjacent to an activating group) is 1. The van der Waals surface area contributed by atoms with Crippen LogP contribution in [0.25, 0.3) is 0 Å². The highest BCUT2D eigenvalue weighted by Crippen LogP contribution is 2.37. The Kier molecular flexibility index (Phi) is 4.12. The monoisotopic (exact) mass is 277 g/mol. The van der Waals surface area contributed by atoms with Gasteiger partial charge >= 0.3 is 6.03 Å². The van der Waals surface area contributed by atoms with Crippen LogP contribution < -0.4 is 20.3 Å². The molecule has 1 aromatic rings. The number of hydrogen-bond donors (Lipinski definition) is 2. The number of benzene rings is 1. The van der Waals surface area contributed by atoms with Gasteiger partial charge in [0.1, 0.15) is 0 Å². The van der Waals surface area contributed by atoms with E-state index in [1.807, 2.05) is 13.8 Å². The summed E-state index contributed by atoms with van der Waals surface area (Å²) in [7, 11) is 1.69. The predicted octanol–water partition coefficient (Wildman–Crippen LogP) is 1.96. The molecule has 1 aromatic carbocycles. The highest BCUT2D eigenvalue weighted by atomic mass is 16.5. The number of carbonyl (C=O) groups excluding carboxylic acids is 2. The smallest absolute Gasteiger partial charge is 0.319 e. The minimum atomic E-state index is -0.282. The van der Waals surface area contributed by atoms with Crippen LogP contribution in [-0.2, 0) is 4.79 Å². The molecule has 108 valence electrons. The largest absolute Gasteiger partial charge is 0.479 e. The maximum absolute atomic E-state index is 11.9. The summed E-state index contributed by atoms with van der Waals surface area (Å²) in [5.74, 6) is 0.410. The average molecular weight is 277 g/mol. The van der Waals surface area contributed by atoms with E-state index in [-0.39, 0.29) is 24.6 Å². The number of anilines is 2. The lowest BCUT2D eigenvalue weighted by molar-refractivity contribution is -0.120. The minimum Gasteiger partial charge on any atom is -0.479 e. The molecule has 0 aromatic heterocycles. The summed E-state index contributed by atoms with van der Waals surface area (Å²) in [4.78, 5) is 25.0. The Balaban J connectivity index is 2.18. The number of nitrogens with one attached hydrogen (secondary N) is 2. The number of amides is 3. The van der Waals surface area contributed by atoms with E-state index in [1.165, 1.54) is 4.90 Å². The Morgan fingerprint density at radius 3 is 2.95 bits per heavy atom. The van der Waals surface area contributed by atoms with Crippen molar-refractivity contribution >= 4 is 23.3 Å². The van der Waals surface area contributed by atoms with Crippen LogP contribution in [0.15, 0.2) is 18.2 Å². The molecule has 0 saturated carbocycles. The van der Waals surface area contributed by atoms with Gasteiger partial charge in [0.05, 0.1) is 11.4 Å². The Bertz CT molecular complexity index is 530. The van der Waals surface area contributed by atoms with E-state index in [2.05, 4.69) is 10.6 Å². The third-order valence-electron chi connectivity index (χ3n) is 3.31. The van der Waals surface area contributed by atoms with Gasteiger partial charge in [0.2, 0.25) is 0 Å². The Hall–Kier alpha value is -2.24. The van der Waals surface area contributed by atoms with E-state index in [0.29, 0.717) is 17.1 Å². The second kappa shape index (κ2) is 5.81. The first-order chi connectivity index (χ1) is 9.52. The topological polar surface area (TPSA) is 70.7 Å². The van der Waals surface area contributed by atoms with Gasteiger partial charge in [-0.1, -0.05) is 13.0 Å². The van der Waals surface area contributed by atoms with Crippen molar-refractivity contribution in [3.63, 3.8) is 0 Å². The maximum atomic E-state index is 11.9. The van der Waals surface area contributed by atoms with Crippen molar-refractivity contribution in [3.05, 3.63) is 18.2 Å². The van der Waals surface area contributed by atoms with Crippen molar-refractivity contribution in [2.24, 2.45) is 0 Å². The van der Waals surface area contributed by atoms with Crippen LogP contribution in [0, 0.1) is 0 Å². The molecule has 2 rings (SSSR count). The fourth-order valence-electron chi connectivity index (χ4n) is 1.89. The summed E-state index contributed by atoms with van der Waals surface area (Å²) in [5, 5.41) is 5.58. The Morgan fingerprint density at radius 2 is 2.25 bits per heavy atom. The molecule has 1 heterocycles. The second-order valence-electron chi connectivity index (χ2n) is 4.80. The first kappa shape index (κ1) is 14.2. The number of ether oxygens (including phenoxy) is 1. The maximum Gasteiger partial charge on any atom is 0.319 e. The zero-order valence-electron chi connectivity index (χ0n) is 11.9. The Labute approximate surface area is 118 Å². The molecule has 6 heteroatoms. The molecular weight excluding hydrogens is 258 g/mol. The number of rotatable bonds is 3. The van der Waals surface area contributed by atoms with Gasteiger partial charge in [-0.25, -0.2) is 4.79 Å². The molecule has 0 saturated heterocycles. The molecule has 0 aliphatic carbocycles. The van der Waals surface area contributed by atoms with Crippen molar-refractivity contribution in [2.45, 2.75) is 26.3 Å². The summed E-state index contributed by atoms with van der Waals surface area (Å²) < 4.78 is 5.44. The fourth-order valence-corrected chi connectivity index (χ4v) is 1.89. The van der Waals surface area contributed by atoms with Gasteiger partial charge in [0.15, 0.2) is 12.4 Å². The average Bonchev–Trinajstić information content (AvgIpc) is 2.43. The van der Waals surface area contributed by atoms with Crippen LogP contribution in [0.1, 0.15) is 20.3 Å². The van der Waals surface area contributed by atoms with Gasteiger partial charge < -0.3 is 20.3 Å². The Morgan fingerprint density at radius 1 is 1.50 bits per heavy atom. The first-order valence-corrected chi connectivity index (χ1v) is 6.62. The van der Waals surface area contributed by atoms with Gasteiger partial charge in [0.25, 0.3) is 5.91 Å². The molecular formula is C14H19N3O3. The van der Waals surface area contributed by atoms with Crippen LogP contribution in [-0.4, -0.2) is 31.6 Å². The molecule has 1 unspecified atom stereocenters. The molecule has 0 radical (unpaired) electrons. The quantitative estimate of drug-likeness (QED) is 0.887. The van der Waals surface area contributed by atoms with E-state index in [1.54, 1.807) is 25.2 Å². The van der Waals surface area contributed by atoms with Gasteiger partial charge in [0, 0.05) is 13.1 Å². The van der Waals surface area contributed by atoms with E-state index >= 15 is 0 Å². The second-order valence-corrected chi connectivity index (χ2v) is 4.80. The number of nitrogens with zero attached hydrogens (tertiary/aromatic N) is 1. The normalized spacial score (nSPS) is 15.2. The fraction of sp³-hybridized carbons (Fsp3) is 0.429. The van der Waals surface area contributed by atoms with Crippen molar-refractivity contribution in [1.29, 1.82) is 0 Å². The van der Waals surface area contributed by atoms with Crippen molar-refractivity contribution in [1.82, 2.24) is 5.32 Å². The predicted molar refractivity (Wildman–Crippen MR) is 77.3 cm³/mol. The van der Waals surface area contributed by atoms with Gasteiger partial charge in [-0.05, 0) is 25.5 Å². The van der Waals surface area contributed by atoms with E-state index in [9.17, 15) is 9.59 Å². The number of carbonyl (C=O) groups is 2. The van der Waals surface area contributed by atoms with Crippen LogP contribution in [0.3, 0.4) is 0 Å². The lowest BCUT2D eigenvalue weighted by Gasteiger charge is -2.27. The van der Waals surface area contributed by atoms with Crippen LogP contribution >= 0.6 is 0 Å². The third kappa shape index (κ3) is 2.84. The van der Waals surface area contributed by atoms with Crippen molar-refractivity contribution < 1.29 is 14.3 Å². The highest BCUT2D eigenvalue weighted by Gasteiger charge is 2.24. The van der Waals surface area contributed by atoms with Crippen LogP contribution in [0.2, 0.25) is 0 Å². The number of fused-ring (bicyclic) bond motifs is 1. The SMILES string of the molecule is CCC(C)NC(=O)Nc1cccc2c1OCC(=O)N2C. The number of urea groups is 1. The van der Waals surface area contributed by atoms with Gasteiger partial charge in [-0.15, -0.1) is 0 Å². The summed E-state index contributed by atoms with van der Waals surface area (Å²) in [6.45, 7) is 3.91. The standard InChI is InChI=1S/C14H19N3O3/c1-4-9(2)15-14(19)16-10-6-5-7-11-13(10)20-8-12(18)17(11)3/h5-7,9H,4,8H2,1-3H3,(H2,15,16,19). The lowest BCUT2D eigenvalue weighted by Crippen LogP contribution is -2.37. The summed E-state index contributed by atoms with van der Waals surface area (Å²) in [5.41, 5.74) is 1.21. The number of para-hydroxylation sites is 1. The van der Waals surface area contributed by atoms with Gasteiger partial charge in [-0.2, -0.15) is 0 Å². The summed E-state index contributed by atoms with van der Waals surface area (Å²) >= 11 is 0. The highest BCUT2D eigenvalue weighted by molar-refractivity contribution is 6.00.